The van der Waals surface area contributed by atoms with Gasteiger partial charge in [-0.1, -0.05) is 44.2 Å². The standard InChI is InChI=1S/C28H26O5/c1-17(2)19-6-8-20(9-7-19)24(29)16-32-28-26(30)23-14-5-18(3)15-25(23)33-27(28)21-10-12-22(31-4)13-11-21/h5-15,17H,16H2,1-4H3. The Kier molecular flexibility index (Phi) is 6.31. The number of carbonyl (C=O) groups is 1. The van der Waals surface area contributed by atoms with Crippen molar-refractivity contribution in [2.24, 2.45) is 0 Å². The molecule has 33 heavy (non-hydrogen) atoms. The summed E-state index contributed by atoms with van der Waals surface area (Å²) in [7, 11) is 1.59. The normalized spacial score (nSPS) is 11.1. The molecule has 0 saturated heterocycles. The van der Waals surface area contributed by atoms with Crippen LogP contribution < -0.4 is 14.9 Å². The molecule has 0 aliphatic heterocycles. The molecular formula is C28H26O5. The maximum atomic E-state index is 13.3. The molecule has 0 fully saturated rings. The number of aryl methyl sites for hydroxylation is 1. The third-order valence-electron chi connectivity index (χ3n) is 5.61. The van der Waals surface area contributed by atoms with Crippen LogP contribution in [0.15, 0.2) is 75.9 Å². The summed E-state index contributed by atoms with van der Waals surface area (Å²) in [6.07, 6.45) is 0. The summed E-state index contributed by atoms with van der Waals surface area (Å²) < 4.78 is 17.2. The van der Waals surface area contributed by atoms with Crippen LogP contribution in [0.5, 0.6) is 11.5 Å². The van der Waals surface area contributed by atoms with Gasteiger partial charge in [0.15, 0.2) is 18.2 Å². The van der Waals surface area contributed by atoms with Gasteiger partial charge in [0, 0.05) is 11.1 Å². The maximum absolute atomic E-state index is 13.3. The van der Waals surface area contributed by atoms with E-state index in [2.05, 4.69) is 13.8 Å². The highest BCUT2D eigenvalue weighted by molar-refractivity contribution is 5.97. The summed E-state index contributed by atoms with van der Waals surface area (Å²) in [5, 5.41) is 0.404. The highest BCUT2D eigenvalue weighted by Gasteiger charge is 2.19. The van der Waals surface area contributed by atoms with Gasteiger partial charge >= 0.3 is 0 Å². The summed E-state index contributed by atoms with van der Waals surface area (Å²) in [6.45, 7) is 5.86. The summed E-state index contributed by atoms with van der Waals surface area (Å²) >= 11 is 0. The average Bonchev–Trinajstić information content (AvgIpc) is 2.83. The molecule has 0 radical (unpaired) electrons. The monoisotopic (exact) mass is 442 g/mol. The molecule has 0 unspecified atom stereocenters. The lowest BCUT2D eigenvalue weighted by Gasteiger charge is -2.12. The number of hydrogen-bond acceptors (Lipinski definition) is 5. The van der Waals surface area contributed by atoms with Gasteiger partial charge in [-0.05, 0) is 60.4 Å². The summed E-state index contributed by atoms with van der Waals surface area (Å²) in [4.78, 5) is 26.1. The van der Waals surface area contributed by atoms with E-state index in [1.54, 1.807) is 49.6 Å². The number of methoxy groups -OCH3 is 1. The van der Waals surface area contributed by atoms with Crippen molar-refractivity contribution in [1.82, 2.24) is 0 Å². The number of Topliss-reactive ketones (excluding diaryl/α,β-unsaturated/α-hetero) is 1. The molecule has 1 aromatic heterocycles. The van der Waals surface area contributed by atoms with Crippen LogP contribution in [0.25, 0.3) is 22.3 Å². The third kappa shape index (κ3) is 4.67. The SMILES string of the molecule is COc1ccc(-c2oc3cc(C)ccc3c(=O)c2OCC(=O)c2ccc(C(C)C)cc2)cc1. The van der Waals surface area contributed by atoms with Crippen LogP contribution in [-0.2, 0) is 0 Å². The molecule has 0 bridgehead atoms. The van der Waals surface area contributed by atoms with Gasteiger partial charge < -0.3 is 13.9 Å². The third-order valence-corrected chi connectivity index (χ3v) is 5.61. The van der Waals surface area contributed by atoms with Gasteiger partial charge in [0.05, 0.1) is 12.5 Å². The van der Waals surface area contributed by atoms with Crippen LogP contribution in [0.3, 0.4) is 0 Å². The number of carbonyl (C=O) groups excluding carboxylic acids is 1. The Morgan fingerprint density at radius 3 is 2.30 bits per heavy atom. The second-order valence-corrected chi connectivity index (χ2v) is 8.31. The maximum Gasteiger partial charge on any atom is 0.235 e. The first-order valence-electron chi connectivity index (χ1n) is 10.8. The van der Waals surface area contributed by atoms with Crippen molar-refractivity contribution in [3.63, 3.8) is 0 Å². The van der Waals surface area contributed by atoms with Crippen LogP contribution >= 0.6 is 0 Å². The van der Waals surface area contributed by atoms with Gasteiger partial charge in [0.25, 0.3) is 0 Å². The minimum Gasteiger partial charge on any atom is -0.497 e. The quantitative estimate of drug-likeness (QED) is 0.321. The van der Waals surface area contributed by atoms with Crippen molar-refractivity contribution in [3.05, 3.63) is 93.6 Å². The lowest BCUT2D eigenvalue weighted by Crippen LogP contribution is -2.17. The molecule has 5 nitrogen and oxygen atoms in total. The summed E-state index contributed by atoms with van der Waals surface area (Å²) in [5.41, 5.74) is 3.46. The van der Waals surface area contributed by atoms with Crippen LogP contribution in [0, 0.1) is 6.92 Å². The molecule has 0 aliphatic carbocycles. The van der Waals surface area contributed by atoms with Crippen molar-refractivity contribution in [3.8, 4) is 22.8 Å². The first-order valence-corrected chi connectivity index (χ1v) is 10.8. The molecule has 0 aliphatic rings. The van der Waals surface area contributed by atoms with Crippen LogP contribution in [0.2, 0.25) is 0 Å². The Morgan fingerprint density at radius 1 is 0.970 bits per heavy atom. The lowest BCUT2D eigenvalue weighted by molar-refractivity contribution is 0.0920. The van der Waals surface area contributed by atoms with Gasteiger partial charge in [-0.15, -0.1) is 0 Å². The van der Waals surface area contributed by atoms with Crippen LogP contribution in [-0.4, -0.2) is 19.5 Å². The molecule has 168 valence electrons. The largest absolute Gasteiger partial charge is 0.497 e. The van der Waals surface area contributed by atoms with Crippen molar-refractivity contribution >= 4 is 16.8 Å². The predicted octanol–water partition coefficient (Wildman–Crippen LogP) is 6.16. The predicted molar refractivity (Wildman–Crippen MR) is 130 cm³/mol. The Morgan fingerprint density at radius 2 is 1.67 bits per heavy atom. The number of fused-ring (bicyclic) bond motifs is 1. The second kappa shape index (κ2) is 9.33. The smallest absolute Gasteiger partial charge is 0.235 e. The fourth-order valence-corrected chi connectivity index (χ4v) is 3.62. The molecule has 1 heterocycles. The van der Waals surface area contributed by atoms with E-state index in [1.807, 2.05) is 31.2 Å². The Bertz CT molecular complexity index is 1350. The number of hydrogen-bond donors (Lipinski definition) is 0. The Balaban J connectivity index is 1.71. The van der Waals surface area contributed by atoms with E-state index in [1.165, 1.54) is 0 Å². The van der Waals surface area contributed by atoms with Gasteiger partial charge in [-0.3, -0.25) is 9.59 Å². The first kappa shape index (κ1) is 22.3. The number of benzene rings is 3. The zero-order valence-corrected chi connectivity index (χ0v) is 19.2. The van der Waals surface area contributed by atoms with Gasteiger partial charge in [-0.25, -0.2) is 0 Å². The zero-order chi connectivity index (χ0) is 23.5. The number of rotatable bonds is 7. The lowest BCUT2D eigenvalue weighted by atomic mass is 10.0. The van der Waals surface area contributed by atoms with Crippen molar-refractivity contribution in [2.75, 3.05) is 13.7 Å². The Hall–Kier alpha value is -3.86. The van der Waals surface area contributed by atoms with Gasteiger partial charge in [-0.2, -0.15) is 0 Å². The molecule has 0 amide bonds. The molecule has 0 N–H and O–H groups in total. The van der Waals surface area contributed by atoms with E-state index in [0.29, 0.717) is 33.8 Å². The van der Waals surface area contributed by atoms with E-state index in [0.717, 1.165) is 11.1 Å². The van der Waals surface area contributed by atoms with E-state index in [4.69, 9.17) is 13.9 Å². The van der Waals surface area contributed by atoms with Gasteiger partial charge in [0.2, 0.25) is 11.2 Å². The number of ether oxygens (including phenoxy) is 2. The van der Waals surface area contributed by atoms with Crippen molar-refractivity contribution in [1.29, 1.82) is 0 Å². The summed E-state index contributed by atoms with van der Waals surface area (Å²) in [5.74, 6) is 1.14. The second-order valence-electron chi connectivity index (χ2n) is 8.31. The van der Waals surface area contributed by atoms with Crippen molar-refractivity contribution in [2.45, 2.75) is 26.7 Å². The fraction of sp³-hybridized carbons (Fsp3) is 0.214. The molecule has 0 spiro atoms. The summed E-state index contributed by atoms with van der Waals surface area (Å²) in [6, 6.07) is 20.0. The van der Waals surface area contributed by atoms with E-state index in [9.17, 15) is 9.59 Å². The average molecular weight is 443 g/mol. The molecular weight excluding hydrogens is 416 g/mol. The Labute approximate surface area is 192 Å². The zero-order valence-electron chi connectivity index (χ0n) is 19.2. The van der Waals surface area contributed by atoms with Crippen LogP contribution in [0.4, 0.5) is 0 Å². The van der Waals surface area contributed by atoms with E-state index < -0.39 is 0 Å². The minimum absolute atomic E-state index is 0.0173. The molecule has 0 atom stereocenters. The first-order chi connectivity index (χ1) is 15.9. The van der Waals surface area contributed by atoms with E-state index in [-0.39, 0.29) is 29.3 Å². The molecule has 0 saturated carbocycles. The number of ketones is 1. The topological polar surface area (TPSA) is 65.7 Å². The molecule has 4 aromatic rings. The molecule has 4 rings (SSSR count). The molecule has 5 heteroatoms. The fourth-order valence-electron chi connectivity index (χ4n) is 3.62. The van der Waals surface area contributed by atoms with Gasteiger partial charge in [0.1, 0.15) is 11.3 Å². The van der Waals surface area contributed by atoms with Crippen LogP contribution in [0.1, 0.15) is 41.3 Å². The van der Waals surface area contributed by atoms with E-state index >= 15 is 0 Å². The molecule has 3 aromatic carbocycles. The highest BCUT2D eigenvalue weighted by Crippen LogP contribution is 2.32. The highest BCUT2D eigenvalue weighted by atomic mass is 16.5. The van der Waals surface area contributed by atoms with Crippen molar-refractivity contribution < 1.29 is 18.7 Å². The minimum atomic E-state index is -0.315.